The van der Waals surface area contributed by atoms with Crippen molar-refractivity contribution in [2.45, 2.75) is 39.5 Å². The molecule has 0 bridgehead atoms. The van der Waals surface area contributed by atoms with Crippen LogP contribution in [0, 0.1) is 5.82 Å². The molecule has 1 aromatic carbocycles. The van der Waals surface area contributed by atoms with Crippen molar-refractivity contribution in [3.8, 4) is 0 Å². The van der Waals surface area contributed by atoms with Gasteiger partial charge in [-0.15, -0.1) is 0 Å². The van der Waals surface area contributed by atoms with Crippen molar-refractivity contribution < 1.29 is 9.18 Å². The van der Waals surface area contributed by atoms with Gasteiger partial charge in [0.25, 0.3) is 5.91 Å². The van der Waals surface area contributed by atoms with Crippen molar-refractivity contribution in [3.63, 3.8) is 0 Å². The zero-order chi connectivity index (χ0) is 14.1. The lowest BCUT2D eigenvalue weighted by Gasteiger charge is -2.11. The summed E-state index contributed by atoms with van der Waals surface area (Å²) in [6, 6.07) is 4.56. The van der Waals surface area contributed by atoms with Gasteiger partial charge in [0, 0.05) is 13.1 Å². The maximum atomic E-state index is 13.6. The van der Waals surface area contributed by atoms with Crippen molar-refractivity contribution in [3.05, 3.63) is 29.6 Å². The molecule has 1 aromatic rings. The maximum absolute atomic E-state index is 13.6. The summed E-state index contributed by atoms with van der Waals surface area (Å²) in [4.78, 5) is 12.0. The molecule has 0 fully saturated rings. The first kappa shape index (κ1) is 15.5. The Labute approximate surface area is 114 Å². The lowest BCUT2D eigenvalue weighted by atomic mass is 10.1. The fourth-order valence-electron chi connectivity index (χ4n) is 1.92. The minimum absolute atomic E-state index is 0.216. The highest BCUT2D eigenvalue weighted by molar-refractivity contribution is 5.99. The molecule has 0 heterocycles. The SMILES string of the molecule is CCCCCCNC(=O)c1cccc(F)c1NCC. The number of carbonyl (C=O) groups is 1. The topological polar surface area (TPSA) is 41.1 Å². The fraction of sp³-hybridized carbons (Fsp3) is 0.533. The summed E-state index contributed by atoms with van der Waals surface area (Å²) in [6.07, 6.45) is 4.42. The van der Waals surface area contributed by atoms with Gasteiger partial charge in [0.15, 0.2) is 0 Å². The molecule has 0 aliphatic heterocycles. The van der Waals surface area contributed by atoms with E-state index in [4.69, 9.17) is 0 Å². The van der Waals surface area contributed by atoms with Gasteiger partial charge in [0.2, 0.25) is 0 Å². The van der Waals surface area contributed by atoms with Gasteiger partial charge in [-0.1, -0.05) is 32.3 Å². The zero-order valence-electron chi connectivity index (χ0n) is 11.8. The van der Waals surface area contributed by atoms with E-state index in [1.165, 1.54) is 18.9 Å². The normalized spacial score (nSPS) is 10.3. The smallest absolute Gasteiger partial charge is 0.253 e. The molecule has 1 rings (SSSR count). The highest BCUT2D eigenvalue weighted by Crippen LogP contribution is 2.19. The molecule has 0 unspecified atom stereocenters. The molecule has 0 aromatic heterocycles. The Morgan fingerprint density at radius 2 is 2.00 bits per heavy atom. The number of rotatable bonds is 8. The van der Waals surface area contributed by atoms with Crippen LogP contribution in [0.5, 0.6) is 0 Å². The summed E-state index contributed by atoms with van der Waals surface area (Å²) in [5, 5.41) is 5.74. The molecular formula is C15H23FN2O. The van der Waals surface area contributed by atoms with E-state index < -0.39 is 0 Å². The first-order valence-corrected chi connectivity index (χ1v) is 7.01. The third kappa shape index (κ3) is 4.89. The van der Waals surface area contributed by atoms with Crippen LogP contribution in [0.2, 0.25) is 0 Å². The Morgan fingerprint density at radius 3 is 2.68 bits per heavy atom. The Kier molecular flexibility index (Phi) is 6.93. The van der Waals surface area contributed by atoms with Crippen LogP contribution in [0.25, 0.3) is 0 Å². The molecule has 0 atom stereocenters. The molecule has 106 valence electrons. The second-order valence-corrected chi connectivity index (χ2v) is 4.51. The molecule has 0 aliphatic carbocycles. The molecule has 0 saturated carbocycles. The van der Waals surface area contributed by atoms with Crippen molar-refractivity contribution in [2.75, 3.05) is 18.4 Å². The Bertz CT molecular complexity index is 407. The quantitative estimate of drug-likeness (QED) is 0.706. The van der Waals surface area contributed by atoms with Gasteiger partial charge in [0.05, 0.1) is 11.3 Å². The number of anilines is 1. The number of carbonyl (C=O) groups excluding carboxylic acids is 1. The summed E-state index contributed by atoms with van der Waals surface area (Å²) < 4.78 is 13.6. The largest absolute Gasteiger partial charge is 0.382 e. The molecule has 1 amide bonds. The summed E-state index contributed by atoms with van der Waals surface area (Å²) >= 11 is 0. The van der Waals surface area contributed by atoms with Gasteiger partial charge >= 0.3 is 0 Å². The third-order valence-corrected chi connectivity index (χ3v) is 2.93. The van der Waals surface area contributed by atoms with E-state index in [1.54, 1.807) is 12.1 Å². The first-order valence-electron chi connectivity index (χ1n) is 7.01. The molecule has 19 heavy (non-hydrogen) atoms. The van der Waals surface area contributed by atoms with Crippen LogP contribution in [0.15, 0.2) is 18.2 Å². The summed E-state index contributed by atoms with van der Waals surface area (Å²) in [7, 11) is 0. The summed E-state index contributed by atoms with van der Waals surface area (Å²) in [5.74, 6) is -0.604. The molecule has 0 radical (unpaired) electrons. The van der Waals surface area contributed by atoms with Gasteiger partial charge in [-0.3, -0.25) is 4.79 Å². The van der Waals surface area contributed by atoms with Crippen LogP contribution >= 0.6 is 0 Å². The molecule has 3 nitrogen and oxygen atoms in total. The van der Waals surface area contributed by atoms with Crippen LogP contribution in [0.3, 0.4) is 0 Å². The van der Waals surface area contributed by atoms with Crippen molar-refractivity contribution in [1.82, 2.24) is 5.32 Å². The number of nitrogens with one attached hydrogen (secondary N) is 2. The van der Waals surface area contributed by atoms with E-state index in [0.717, 1.165) is 12.8 Å². The van der Waals surface area contributed by atoms with E-state index in [9.17, 15) is 9.18 Å². The maximum Gasteiger partial charge on any atom is 0.253 e. The molecule has 2 N–H and O–H groups in total. The van der Waals surface area contributed by atoms with Crippen LogP contribution in [-0.4, -0.2) is 19.0 Å². The molecule has 0 saturated heterocycles. The number of hydrogen-bond donors (Lipinski definition) is 2. The average molecular weight is 266 g/mol. The average Bonchev–Trinajstić information content (AvgIpc) is 2.41. The van der Waals surface area contributed by atoms with Gasteiger partial charge in [-0.25, -0.2) is 4.39 Å². The third-order valence-electron chi connectivity index (χ3n) is 2.93. The minimum Gasteiger partial charge on any atom is -0.382 e. The summed E-state index contributed by atoms with van der Waals surface area (Å²) in [5.41, 5.74) is 0.661. The second-order valence-electron chi connectivity index (χ2n) is 4.51. The van der Waals surface area contributed by atoms with Crippen LogP contribution in [0.4, 0.5) is 10.1 Å². The molecular weight excluding hydrogens is 243 g/mol. The fourth-order valence-corrected chi connectivity index (χ4v) is 1.92. The first-order chi connectivity index (χ1) is 9.20. The van der Waals surface area contributed by atoms with E-state index in [1.807, 2.05) is 6.92 Å². The van der Waals surface area contributed by atoms with Crippen LogP contribution in [0.1, 0.15) is 49.9 Å². The lowest BCUT2D eigenvalue weighted by Crippen LogP contribution is -2.25. The molecule has 4 heteroatoms. The second kappa shape index (κ2) is 8.51. The predicted molar refractivity (Wildman–Crippen MR) is 77.0 cm³/mol. The van der Waals surface area contributed by atoms with E-state index in [2.05, 4.69) is 17.6 Å². The number of benzene rings is 1. The van der Waals surface area contributed by atoms with Gasteiger partial charge < -0.3 is 10.6 Å². The van der Waals surface area contributed by atoms with Crippen molar-refractivity contribution in [1.29, 1.82) is 0 Å². The van der Waals surface area contributed by atoms with E-state index in [0.29, 0.717) is 18.7 Å². The summed E-state index contributed by atoms with van der Waals surface area (Å²) in [6.45, 7) is 5.24. The Morgan fingerprint density at radius 1 is 1.21 bits per heavy atom. The Balaban J connectivity index is 2.58. The minimum atomic E-state index is -0.388. The van der Waals surface area contributed by atoms with Crippen LogP contribution < -0.4 is 10.6 Å². The van der Waals surface area contributed by atoms with E-state index >= 15 is 0 Å². The number of unbranched alkanes of at least 4 members (excludes halogenated alkanes) is 3. The predicted octanol–water partition coefficient (Wildman–Crippen LogP) is 3.57. The highest BCUT2D eigenvalue weighted by atomic mass is 19.1. The number of para-hydroxylation sites is 1. The zero-order valence-corrected chi connectivity index (χ0v) is 11.8. The molecule has 0 spiro atoms. The Hall–Kier alpha value is -1.58. The standard InChI is InChI=1S/C15H23FN2O/c1-3-5-6-7-11-18-15(19)12-9-8-10-13(16)14(12)17-4-2/h8-10,17H,3-7,11H2,1-2H3,(H,18,19). The van der Waals surface area contributed by atoms with Crippen LogP contribution in [-0.2, 0) is 0 Å². The van der Waals surface area contributed by atoms with Gasteiger partial charge in [0.1, 0.15) is 5.82 Å². The van der Waals surface area contributed by atoms with Gasteiger partial charge in [-0.05, 0) is 25.5 Å². The number of amides is 1. The number of hydrogen-bond acceptors (Lipinski definition) is 2. The lowest BCUT2D eigenvalue weighted by molar-refractivity contribution is 0.0953. The van der Waals surface area contributed by atoms with Crippen molar-refractivity contribution in [2.24, 2.45) is 0 Å². The van der Waals surface area contributed by atoms with E-state index in [-0.39, 0.29) is 17.4 Å². The monoisotopic (exact) mass is 266 g/mol. The molecule has 0 aliphatic rings. The number of halogens is 1. The highest BCUT2D eigenvalue weighted by Gasteiger charge is 2.13. The van der Waals surface area contributed by atoms with Gasteiger partial charge in [-0.2, -0.15) is 0 Å². The van der Waals surface area contributed by atoms with Crippen molar-refractivity contribution >= 4 is 11.6 Å².